The number of alkyl halides is 5. The lowest BCUT2D eigenvalue weighted by atomic mass is 10.1. The van der Waals surface area contributed by atoms with E-state index in [4.69, 9.17) is 4.74 Å². The molecule has 2 aromatic rings. The van der Waals surface area contributed by atoms with E-state index < -0.39 is 54.0 Å². The fourth-order valence-electron chi connectivity index (χ4n) is 4.25. The van der Waals surface area contributed by atoms with E-state index >= 15 is 0 Å². The summed E-state index contributed by atoms with van der Waals surface area (Å²) in [6, 6.07) is -2.11. The molecule has 15 heteroatoms. The minimum Gasteiger partial charge on any atom is -0.388 e. The molecule has 0 aromatic carbocycles. The zero-order chi connectivity index (χ0) is 27.8. The minimum atomic E-state index is -4.63. The summed E-state index contributed by atoms with van der Waals surface area (Å²) in [5.74, 6) is -1.71. The Morgan fingerprint density at radius 2 is 2.03 bits per heavy atom. The fourth-order valence-corrected chi connectivity index (χ4v) is 5.24. The minimum absolute atomic E-state index is 0.0292. The topological polar surface area (TPSA) is 117 Å². The van der Waals surface area contributed by atoms with Crippen molar-refractivity contribution in [1.82, 2.24) is 20.2 Å². The van der Waals surface area contributed by atoms with Crippen LogP contribution in [0.25, 0.3) is 10.4 Å². The average molecular weight is 564 g/mol. The summed E-state index contributed by atoms with van der Waals surface area (Å²) >= 11 is 0.682. The van der Waals surface area contributed by atoms with E-state index in [2.05, 4.69) is 20.6 Å². The first-order chi connectivity index (χ1) is 17.9. The summed E-state index contributed by atoms with van der Waals surface area (Å²) in [4.78, 5) is 35.9. The third kappa shape index (κ3) is 5.89. The van der Waals surface area contributed by atoms with Gasteiger partial charge in [0.1, 0.15) is 17.6 Å². The molecule has 0 unspecified atom stereocenters. The number of hydrogen-bond donors (Lipinski definition) is 3. The van der Waals surface area contributed by atoms with Gasteiger partial charge in [0.15, 0.2) is 5.01 Å². The van der Waals surface area contributed by atoms with Crippen molar-refractivity contribution in [2.24, 2.45) is 0 Å². The number of aliphatic hydroxyl groups is 1. The SMILES string of the molecule is C[C@H](Nc1cc(C(F)F)c(-c2sc(C(=O)N[C@@H]3COC[C@H]3O)nc2C(=O)N2CCC[C@@H]2C)cn1)C(F)(F)F. The number of aliphatic hydroxyl groups excluding tert-OH is 1. The maximum absolute atomic E-state index is 14.1. The van der Waals surface area contributed by atoms with Gasteiger partial charge in [-0.3, -0.25) is 9.59 Å². The molecule has 38 heavy (non-hydrogen) atoms. The maximum Gasteiger partial charge on any atom is 0.408 e. The van der Waals surface area contributed by atoms with Crippen LogP contribution in [-0.2, 0) is 4.74 Å². The number of amides is 2. The number of anilines is 1. The smallest absolute Gasteiger partial charge is 0.388 e. The Balaban J connectivity index is 1.74. The Labute approximate surface area is 218 Å². The predicted octanol–water partition coefficient (Wildman–Crippen LogP) is 3.62. The van der Waals surface area contributed by atoms with Crippen LogP contribution in [0.1, 0.15) is 59.0 Å². The maximum atomic E-state index is 14.1. The third-order valence-electron chi connectivity index (χ3n) is 6.48. The quantitative estimate of drug-likeness (QED) is 0.441. The van der Waals surface area contributed by atoms with Crippen molar-refractivity contribution < 1.29 is 41.4 Å². The van der Waals surface area contributed by atoms with Crippen LogP contribution in [-0.4, -0.2) is 82.0 Å². The van der Waals surface area contributed by atoms with Gasteiger partial charge in [-0.1, -0.05) is 0 Å². The normalized spacial score (nSPS) is 22.7. The first-order valence-electron chi connectivity index (χ1n) is 11.9. The first-order valence-corrected chi connectivity index (χ1v) is 12.7. The number of carbonyl (C=O) groups is 2. The molecule has 2 fully saturated rings. The van der Waals surface area contributed by atoms with E-state index in [1.165, 1.54) is 4.90 Å². The van der Waals surface area contributed by atoms with Crippen LogP contribution in [0, 0.1) is 0 Å². The molecule has 9 nitrogen and oxygen atoms in total. The Morgan fingerprint density at radius 1 is 1.29 bits per heavy atom. The molecule has 0 spiro atoms. The number of thiazole rings is 1. The number of aromatic nitrogens is 2. The molecule has 2 aromatic heterocycles. The number of hydrogen-bond acceptors (Lipinski definition) is 8. The molecule has 0 radical (unpaired) electrons. The highest BCUT2D eigenvalue weighted by Gasteiger charge is 2.37. The van der Waals surface area contributed by atoms with Crippen LogP contribution in [0.15, 0.2) is 12.3 Å². The van der Waals surface area contributed by atoms with Gasteiger partial charge in [0.25, 0.3) is 18.2 Å². The summed E-state index contributed by atoms with van der Waals surface area (Å²) in [5, 5.41) is 14.3. The van der Waals surface area contributed by atoms with Gasteiger partial charge >= 0.3 is 6.18 Å². The van der Waals surface area contributed by atoms with Crippen LogP contribution in [0.4, 0.5) is 27.8 Å². The van der Waals surface area contributed by atoms with Crippen LogP contribution < -0.4 is 10.6 Å². The molecule has 2 saturated heterocycles. The number of likely N-dealkylation sites (tertiary alicyclic amines) is 1. The predicted molar refractivity (Wildman–Crippen MR) is 127 cm³/mol. The molecule has 208 valence electrons. The van der Waals surface area contributed by atoms with E-state index in [0.29, 0.717) is 17.9 Å². The Bertz CT molecular complexity index is 1190. The number of nitrogens with one attached hydrogen (secondary N) is 2. The van der Waals surface area contributed by atoms with E-state index in [1.54, 1.807) is 0 Å². The van der Waals surface area contributed by atoms with E-state index in [-0.39, 0.29) is 40.4 Å². The number of ether oxygens (including phenoxy) is 1. The first kappa shape index (κ1) is 28.1. The number of halogens is 5. The van der Waals surface area contributed by atoms with Crippen molar-refractivity contribution in [3.05, 3.63) is 28.5 Å². The van der Waals surface area contributed by atoms with Crippen molar-refractivity contribution in [2.75, 3.05) is 25.1 Å². The Morgan fingerprint density at radius 3 is 2.61 bits per heavy atom. The second-order valence-electron chi connectivity index (χ2n) is 9.24. The van der Waals surface area contributed by atoms with Crippen molar-refractivity contribution in [3.8, 4) is 10.4 Å². The van der Waals surface area contributed by atoms with Gasteiger partial charge in [0, 0.05) is 29.9 Å². The Kier molecular flexibility index (Phi) is 8.18. The third-order valence-corrected chi connectivity index (χ3v) is 7.56. The van der Waals surface area contributed by atoms with E-state index in [0.717, 1.165) is 32.0 Å². The molecule has 0 saturated carbocycles. The van der Waals surface area contributed by atoms with Crippen LogP contribution in [0.5, 0.6) is 0 Å². The van der Waals surface area contributed by atoms with Crippen LogP contribution in [0.2, 0.25) is 0 Å². The van der Waals surface area contributed by atoms with Gasteiger partial charge < -0.3 is 25.4 Å². The summed E-state index contributed by atoms with van der Waals surface area (Å²) < 4.78 is 72.2. The monoisotopic (exact) mass is 563 g/mol. The van der Waals surface area contributed by atoms with Gasteiger partial charge in [-0.05, 0) is 32.8 Å². The zero-order valence-corrected chi connectivity index (χ0v) is 21.2. The van der Waals surface area contributed by atoms with Gasteiger partial charge in [-0.2, -0.15) is 13.2 Å². The number of carbonyl (C=O) groups excluding carboxylic acids is 2. The molecule has 3 N–H and O–H groups in total. The highest BCUT2D eigenvalue weighted by atomic mass is 32.1. The molecule has 4 rings (SSSR count). The molecule has 0 bridgehead atoms. The second kappa shape index (κ2) is 11.1. The van der Waals surface area contributed by atoms with E-state index in [1.807, 2.05) is 6.92 Å². The van der Waals surface area contributed by atoms with Gasteiger partial charge in [0.2, 0.25) is 0 Å². The van der Waals surface area contributed by atoms with Gasteiger partial charge in [-0.25, -0.2) is 18.7 Å². The van der Waals surface area contributed by atoms with Crippen molar-refractivity contribution in [2.45, 2.75) is 63.5 Å². The Hall–Kier alpha value is -2.91. The highest BCUT2D eigenvalue weighted by molar-refractivity contribution is 7.17. The number of rotatable bonds is 7. The molecule has 2 aliphatic rings. The molecule has 2 amide bonds. The van der Waals surface area contributed by atoms with Crippen LogP contribution >= 0.6 is 11.3 Å². The van der Waals surface area contributed by atoms with Crippen LogP contribution in [0.3, 0.4) is 0 Å². The number of nitrogens with zero attached hydrogens (tertiary/aromatic N) is 3. The van der Waals surface area contributed by atoms with Gasteiger partial charge in [-0.15, -0.1) is 11.3 Å². The summed E-state index contributed by atoms with van der Waals surface area (Å²) in [6.45, 7) is 3.17. The van der Waals surface area contributed by atoms with Crippen molar-refractivity contribution in [3.63, 3.8) is 0 Å². The lowest BCUT2D eigenvalue weighted by Crippen LogP contribution is -2.42. The van der Waals surface area contributed by atoms with Gasteiger partial charge in [0.05, 0.1) is 30.2 Å². The zero-order valence-electron chi connectivity index (χ0n) is 20.4. The number of pyridine rings is 1. The average Bonchev–Trinajstić information content (AvgIpc) is 3.58. The lowest BCUT2D eigenvalue weighted by Gasteiger charge is -2.21. The standard InChI is InChI=1S/C23H26F5N5O4S/c1-10-4-3-5-33(10)22(36)17-18(38-21(32-17)20(35)31-14-8-37-9-15(14)34)13-7-29-16(6-12(13)19(24)25)30-11(2)23(26,27)28/h6-7,10-11,14-15,19,34H,3-5,8-9H2,1-2H3,(H,29,30)(H,31,35)/t10-,11-,14+,15+/m0/s1. The summed E-state index contributed by atoms with van der Waals surface area (Å²) in [5.41, 5.74) is -1.12. The van der Waals surface area contributed by atoms with Crippen molar-refractivity contribution >= 4 is 29.0 Å². The summed E-state index contributed by atoms with van der Waals surface area (Å²) in [6.07, 6.45) is -6.29. The molecule has 0 aliphatic carbocycles. The molecular formula is C23H26F5N5O4S. The second-order valence-corrected chi connectivity index (χ2v) is 10.2. The fraction of sp³-hybridized carbons (Fsp3) is 0.565. The molecular weight excluding hydrogens is 537 g/mol. The molecule has 4 heterocycles. The molecule has 4 atom stereocenters. The summed E-state index contributed by atoms with van der Waals surface area (Å²) in [7, 11) is 0. The van der Waals surface area contributed by atoms with Crippen molar-refractivity contribution in [1.29, 1.82) is 0 Å². The lowest BCUT2D eigenvalue weighted by molar-refractivity contribution is -0.138. The highest BCUT2D eigenvalue weighted by Crippen LogP contribution is 2.39. The largest absolute Gasteiger partial charge is 0.408 e. The molecule has 2 aliphatic heterocycles. The van der Waals surface area contributed by atoms with E-state index in [9.17, 15) is 36.6 Å².